The van der Waals surface area contributed by atoms with Gasteiger partial charge in [-0.05, 0) is 49.6 Å². The van der Waals surface area contributed by atoms with Crippen molar-refractivity contribution in [1.82, 2.24) is 9.21 Å². The van der Waals surface area contributed by atoms with Gasteiger partial charge in [0.25, 0.3) is 0 Å². The maximum Gasteiger partial charge on any atom is 0.243 e. The van der Waals surface area contributed by atoms with Crippen LogP contribution in [0.15, 0.2) is 47.4 Å². The first kappa shape index (κ1) is 23.1. The highest BCUT2D eigenvalue weighted by molar-refractivity contribution is 7.89. The number of carbonyl (C=O) groups is 1. The van der Waals surface area contributed by atoms with Crippen LogP contribution in [0.4, 0.5) is 0 Å². The van der Waals surface area contributed by atoms with E-state index in [1.165, 1.54) is 4.31 Å². The smallest absolute Gasteiger partial charge is 0.243 e. The summed E-state index contributed by atoms with van der Waals surface area (Å²) >= 11 is 12.3. The molecule has 2 aromatic carbocycles. The van der Waals surface area contributed by atoms with Crippen molar-refractivity contribution in [3.63, 3.8) is 0 Å². The minimum atomic E-state index is -3.89. The SMILES string of the molecule is Cc1ccc(S(=O)(=O)N(CC(=O)N2CCCCCC2)Cc2ccc(Cl)cc2Cl)cc1. The van der Waals surface area contributed by atoms with Crippen molar-refractivity contribution in [1.29, 1.82) is 0 Å². The van der Waals surface area contributed by atoms with Crippen LogP contribution < -0.4 is 0 Å². The third-order valence-electron chi connectivity index (χ3n) is 5.29. The number of hydrogen-bond donors (Lipinski definition) is 0. The van der Waals surface area contributed by atoms with Gasteiger partial charge < -0.3 is 4.90 Å². The van der Waals surface area contributed by atoms with Crippen LogP contribution >= 0.6 is 23.2 Å². The number of halogens is 2. The Labute approximate surface area is 188 Å². The maximum atomic E-state index is 13.4. The van der Waals surface area contributed by atoms with Gasteiger partial charge in [-0.3, -0.25) is 4.79 Å². The predicted molar refractivity (Wildman–Crippen MR) is 120 cm³/mol. The second-order valence-electron chi connectivity index (χ2n) is 7.62. The molecule has 1 saturated heterocycles. The van der Waals surface area contributed by atoms with Gasteiger partial charge in [0.1, 0.15) is 0 Å². The van der Waals surface area contributed by atoms with E-state index in [0.717, 1.165) is 31.2 Å². The summed E-state index contributed by atoms with van der Waals surface area (Å²) in [5, 5.41) is 0.839. The zero-order chi connectivity index (χ0) is 21.7. The van der Waals surface area contributed by atoms with Gasteiger partial charge in [0.2, 0.25) is 15.9 Å². The van der Waals surface area contributed by atoms with Crippen molar-refractivity contribution >= 4 is 39.1 Å². The Morgan fingerprint density at radius 1 is 1.00 bits per heavy atom. The second kappa shape index (κ2) is 10.1. The molecule has 1 heterocycles. The van der Waals surface area contributed by atoms with Crippen LogP contribution in [0.1, 0.15) is 36.8 Å². The number of carbonyl (C=O) groups excluding carboxylic acids is 1. The van der Waals surface area contributed by atoms with Gasteiger partial charge in [-0.15, -0.1) is 0 Å². The van der Waals surface area contributed by atoms with Crippen molar-refractivity contribution in [2.45, 2.75) is 44.0 Å². The zero-order valence-electron chi connectivity index (χ0n) is 17.0. The fourth-order valence-corrected chi connectivity index (χ4v) is 5.33. The van der Waals surface area contributed by atoms with Gasteiger partial charge in [-0.2, -0.15) is 4.31 Å². The molecule has 1 fully saturated rings. The van der Waals surface area contributed by atoms with Gasteiger partial charge in [0.15, 0.2) is 0 Å². The normalized spacial score (nSPS) is 15.3. The lowest BCUT2D eigenvalue weighted by molar-refractivity contribution is -0.131. The quantitative estimate of drug-likeness (QED) is 0.605. The van der Waals surface area contributed by atoms with Crippen LogP contribution in [0.2, 0.25) is 10.0 Å². The summed E-state index contributed by atoms with van der Waals surface area (Å²) in [6.07, 6.45) is 4.07. The Morgan fingerprint density at radius 3 is 2.23 bits per heavy atom. The first-order chi connectivity index (χ1) is 14.3. The highest BCUT2D eigenvalue weighted by Crippen LogP contribution is 2.25. The maximum absolute atomic E-state index is 13.4. The van der Waals surface area contributed by atoms with E-state index >= 15 is 0 Å². The van der Waals surface area contributed by atoms with E-state index in [2.05, 4.69) is 0 Å². The Balaban J connectivity index is 1.90. The van der Waals surface area contributed by atoms with Gasteiger partial charge >= 0.3 is 0 Å². The molecule has 1 amide bonds. The summed E-state index contributed by atoms with van der Waals surface area (Å²) in [5.74, 6) is -0.183. The molecule has 0 aromatic heterocycles. The van der Waals surface area contributed by atoms with Crippen molar-refractivity contribution < 1.29 is 13.2 Å². The summed E-state index contributed by atoms with van der Waals surface area (Å²) in [6, 6.07) is 11.6. The highest BCUT2D eigenvalue weighted by atomic mass is 35.5. The predicted octanol–water partition coefficient (Wildman–Crippen LogP) is 4.90. The molecular formula is C22H26Cl2N2O3S. The molecule has 2 aromatic rings. The average Bonchev–Trinajstić information content (AvgIpc) is 2.99. The molecule has 1 aliphatic rings. The molecule has 162 valence electrons. The number of benzene rings is 2. The average molecular weight is 469 g/mol. The molecule has 30 heavy (non-hydrogen) atoms. The Hall–Kier alpha value is -1.60. The number of likely N-dealkylation sites (tertiary alicyclic amines) is 1. The van der Waals surface area contributed by atoms with E-state index in [1.807, 2.05) is 6.92 Å². The lowest BCUT2D eigenvalue weighted by Crippen LogP contribution is -2.43. The van der Waals surface area contributed by atoms with Gasteiger partial charge in [-0.1, -0.05) is 59.8 Å². The van der Waals surface area contributed by atoms with E-state index < -0.39 is 10.0 Å². The number of sulfonamides is 1. The standard InChI is InChI=1S/C22H26Cl2N2O3S/c1-17-6-10-20(11-7-17)30(28,29)26(15-18-8-9-19(23)14-21(18)24)16-22(27)25-12-4-2-3-5-13-25/h6-11,14H,2-5,12-13,15-16H2,1H3. The molecular weight excluding hydrogens is 443 g/mol. The first-order valence-electron chi connectivity index (χ1n) is 10.1. The Kier molecular flexibility index (Phi) is 7.80. The van der Waals surface area contributed by atoms with Crippen LogP contribution in [0.25, 0.3) is 0 Å². The number of nitrogens with zero attached hydrogens (tertiary/aromatic N) is 2. The Bertz CT molecular complexity index is 986. The lowest BCUT2D eigenvalue weighted by atomic mass is 10.2. The van der Waals surface area contributed by atoms with Crippen molar-refractivity contribution in [2.75, 3.05) is 19.6 Å². The van der Waals surface area contributed by atoms with Crippen molar-refractivity contribution in [2.24, 2.45) is 0 Å². The molecule has 0 N–H and O–H groups in total. The molecule has 5 nitrogen and oxygen atoms in total. The topological polar surface area (TPSA) is 57.7 Å². The van der Waals surface area contributed by atoms with Crippen LogP contribution in [-0.4, -0.2) is 43.2 Å². The number of amides is 1. The van der Waals surface area contributed by atoms with Crippen molar-refractivity contribution in [3.8, 4) is 0 Å². The van der Waals surface area contributed by atoms with E-state index in [-0.39, 0.29) is 23.9 Å². The zero-order valence-corrected chi connectivity index (χ0v) is 19.3. The number of hydrogen-bond acceptors (Lipinski definition) is 3. The largest absolute Gasteiger partial charge is 0.342 e. The molecule has 1 aliphatic heterocycles. The molecule has 0 unspecified atom stereocenters. The van der Waals surface area contributed by atoms with E-state index in [4.69, 9.17) is 23.2 Å². The summed E-state index contributed by atoms with van der Waals surface area (Å²) in [5.41, 5.74) is 1.56. The van der Waals surface area contributed by atoms with Gasteiger partial charge in [-0.25, -0.2) is 8.42 Å². The molecule has 0 atom stereocenters. The molecule has 0 aliphatic carbocycles. The van der Waals surface area contributed by atoms with Crippen LogP contribution in [-0.2, 0) is 21.4 Å². The fraction of sp³-hybridized carbons (Fsp3) is 0.409. The third kappa shape index (κ3) is 5.76. The third-order valence-corrected chi connectivity index (χ3v) is 7.68. The van der Waals surface area contributed by atoms with Crippen LogP contribution in [0, 0.1) is 6.92 Å². The second-order valence-corrected chi connectivity index (χ2v) is 10.4. The summed E-state index contributed by atoms with van der Waals surface area (Å²) in [7, 11) is -3.89. The lowest BCUT2D eigenvalue weighted by Gasteiger charge is -2.27. The summed E-state index contributed by atoms with van der Waals surface area (Å²) in [6.45, 7) is 2.99. The minimum absolute atomic E-state index is 0.00814. The van der Waals surface area contributed by atoms with Crippen LogP contribution in [0.3, 0.4) is 0 Å². The van der Waals surface area contributed by atoms with E-state index in [9.17, 15) is 13.2 Å². The minimum Gasteiger partial charge on any atom is -0.342 e. The fourth-order valence-electron chi connectivity index (χ4n) is 3.50. The monoisotopic (exact) mass is 468 g/mol. The molecule has 8 heteroatoms. The molecule has 0 saturated carbocycles. The van der Waals surface area contributed by atoms with E-state index in [0.29, 0.717) is 28.7 Å². The number of rotatable bonds is 6. The molecule has 3 rings (SSSR count). The molecule has 0 bridgehead atoms. The van der Waals surface area contributed by atoms with Crippen molar-refractivity contribution in [3.05, 3.63) is 63.6 Å². The van der Waals surface area contributed by atoms with E-state index in [1.54, 1.807) is 47.4 Å². The molecule has 0 spiro atoms. The summed E-state index contributed by atoms with van der Waals surface area (Å²) in [4.78, 5) is 14.9. The molecule has 0 radical (unpaired) electrons. The highest BCUT2D eigenvalue weighted by Gasteiger charge is 2.29. The first-order valence-corrected chi connectivity index (χ1v) is 12.3. The number of aryl methyl sites for hydroxylation is 1. The Morgan fingerprint density at radius 2 is 1.63 bits per heavy atom. The summed E-state index contributed by atoms with van der Waals surface area (Å²) < 4.78 is 28.0. The van der Waals surface area contributed by atoms with Crippen LogP contribution in [0.5, 0.6) is 0 Å². The van der Waals surface area contributed by atoms with Gasteiger partial charge in [0, 0.05) is 29.7 Å². The van der Waals surface area contributed by atoms with Gasteiger partial charge in [0.05, 0.1) is 11.4 Å².